The first-order chi connectivity index (χ1) is 4.68. The SMILES string of the molecule is CC(C)C(C)NN/C=C\N. The zero-order valence-corrected chi connectivity index (χ0v) is 6.89. The molecule has 0 saturated carbocycles. The lowest BCUT2D eigenvalue weighted by Crippen LogP contribution is -2.38. The lowest BCUT2D eigenvalue weighted by atomic mass is 10.1. The Morgan fingerprint density at radius 2 is 1.90 bits per heavy atom. The first-order valence-corrected chi connectivity index (χ1v) is 3.56. The molecule has 0 aromatic carbocycles. The minimum absolute atomic E-state index is 0.455. The van der Waals surface area contributed by atoms with Crippen molar-refractivity contribution in [3.05, 3.63) is 12.4 Å². The molecule has 10 heavy (non-hydrogen) atoms. The van der Waals surface area contributed by atoms with Gasteiger partial charge in [0.2, 0.25) is 0 Å². The van der Waals surface area contributed by atoms with Crippen LogP contribution in [0.5, 0.6) is 0 Å². The Balaban J connectivity index is 3.30. The molecule has 1 atom stereocenters. The fourth-order valence-electron chi connectivity index (χ4n) is 0.394. The van der Waals surface area contributed by atoms with Gasteiger partial charge < -0.3 is 11.2 Å². The van der Waals surface area contributed by atoms with Gasteiger partial charge in [0, 0.05) is 18.4 Å². The fraction of sp³-hybridized carbons (Fsp3) is 0.714. The maximum absolute atomic E-state index is 5.11. The van der Waals surface area contributed by atoms with E-state index in [9.17, 15) is 0 Å². The maximum Gasteiger partial charge on any atom is 0.0280 e. The molecule has 1 unspecified atom stereocenters. The smallest absolute Gasteiger partial charge is 0.0280 e. The molecule has 0 spiro atoms. The van der Waals surface area contributed by atoms with Gasteiger partial charge in [-0.1, -0.05) is 13.8 Å². The molecular formula is C7H17N3. The van der Waals surface area contributed by atoms with Gasteiger partial charge in [-0.05, 0) is 12.8 Å². The number of rotatable bonds is 4. The largest absolute Gasteiger partial charge is 0.403 e. The van der Waals surface area contributed by atoms with Gasteiger partial charge in [-0.25, -0.2) is 5.43 Å². The highest BCUT2D eigenvalue weighted by Crippen LogP contribution is 1.97. The lowest BCUT2D eigenvalue weighted by Gasteiger charge is -2.16. The van der Waals surface area contributed by atoms with Crippen molar-refractivity contribution >= 4 is 0 Å². The molecule has 60 valence electrons. The number of hydrazine groups is 1. The number of hydrogen-bond donors (Lipinski definition) is 3. The monoisotopic (exact) mass is 143 g/mol. The van der Waals surface area contributed by atoms with Crippen LogP contribution in [0, 0.1) is 5.92 Å². The molecule has 0 amide bonds. The molecule has 0 aromatic rings. The van der Waals surface area contributed by atoms with E-state index in [4.69, 9.17) is 5.73 Å². The van der Waals surface area contributed by atoms with Crippen molar-refractivity contribution < 1.29 is 0 Å². The highest BCUT2D eigenvalue weighted by molar-refractivity contribution is 4.72. The molecule has 0 aliphatic carbocycles. The summed E-state index contributed by atoms with van der Waals surface area (Å²) in [5, 5.41) is 0. The standard InChI is InChI=1S/C7H17N3/c1-6(2)7(3)10-9-5-4-8/h4-7,9-10H,8H2,1-3H3/b5-4-. The van der Waals surface area contributed by atoms with Gasteiger partial charge in [0.25, 0.3) is 0 Å². The molecule has 0 rings (SSSR count). The van der Waals surface area contributed by atoms with E-state index in [0.29, 0.717) is 12.0 Å². The minimum atomic E-state index is 0.455. The average molecular weight is 143 g/mol. The molecule has 0 fully saturated rings. The van der Waals surface area contributed by atoms with E-state index >= 15 is 0 Å². The maximum atomic E-state index is 5.11. The van der Waals surface area contributed by atoms with Crippen molar-refractivity contribution in [2.75, 3.05) is 0 Å². The molecule has 0 aliphatic rings. The van der Waals surface area contributed by atoms with Gasteiger partial charge in [-0.15, -0.1) is 0 Å². The Morgan fingerprint density at radius 1 is 1.30 bits per heavy atom. The van der Waals surface area contributed by atoms with E-state index in [2.05, 4.69) is 31.6 Å². The topological polar surface area (TPSA) is 50.1 Å². The first kappa shape index (κ1) is 9.30. The van der Waals surface area contributed by atoms with E-state index in [0.717, 1.165) is 0 Å². The van der Waals surface area contributed by atoms with E-state index in [1.165, 1.54) is 6.20 Å². The second-order valence-electron chi connectivity index (χ2n) is 2.68. The van der Waals surface area contributed by atoms with Crippen LogP contribution in [0.1, 0.15) is 20.8 Å². The summed E-state index contributed by atoms with van der Waals surface area (Å²) in [6.07, 6.45) is 3.12. The van der Waals surface area contributed by atoms with Gasteiger partial charge in [0.05, 0.1) is 0 Å². The molecule has 3 nitrogen and oxygen atoms in total. The molecular weight excluding hydrogens is 126 g/mol. The Kier molecular flexibility index (Phi) is 4.76. The van der Waals surface area contributed by atoms with Gasteiger partial charge in [0.15, 0.2) is 0 Å². The molecule has 0 saturated heterocycles. The van der Waals surface area contributed by atoms with Crippen LogP contribution in [0.25, 0.3) is 0 Å². The van der Waals surface area contributed by atoms with Crippen LogP contribution in [-0.2, 0) is 0 Å². The van der Waals surface area contributed by atoms with Gasteiger partial charge in [-0.3, -0.25) is 0 Å². The molecule has 0 heterocycles. The predicted octanol–water partition coefficient (Wildman–Crippen LogP) is 0.555. The van der Waals surface area contributed by atoms with Crippen LogP contribution in [-0.4, -0.2) is 6.04 Å². The van der Waals surface area contributed by atoms with Crippen LogP contribution < -0.4 is 16.6 Å². The average Bonchev–Trinajstić information content (AvgIpc) is 1.88. The normalized spacial score (nSPS) is 14.4. The Labute approximate surface area is 62.6 Å². The summed E-state index contributed by atoms with van der Waals surface area (Å²) in [5.74, 6) is 0.624. The third kappa shape index (κ3) is 4.21. The summed E-state index contributed by atoms with van der Waals surface area (Å²) in [5.41, 5.74) is 11.0. The molecule has 0 aromatic heterocycles. The van der Waals surface area contributed by atoms with E-state index in [1.807, 2.05) is 0 Å². The van der Waals surface area contributed by atoms with Crippen LogP contribution in [0.3, 0.4) is 0 Å². The zero-order valence-electron chi connectivity index (χ0n) is 6.89. The summed E-state index contributed by atoms with van der Waals surface area (Å²) < 4.78 is 0. The summed E-state index contributed by atoms with van der Waals surface area (Å²) in [4.78, 5) is 0. The number of hydrogen-bond acceptors (Lipinski definition) is 3. The van der Waals surface area contributed by atoms with E-state index < -0.39 is 0 Å². The van der Waals surface area contributed by atoms with E-state index in [-0.39, 0.29) is 0 Å². The Morgan fingerprint density at radius 3 is 2.30 bits per heavy atom. The van der Waals surface area contributed by atoms with Crippen molar-refractivity contribution in [2.45, 2.75) is 26.8 Å². The van der Waals surface area contributed by atoms with Crippen LogP contribution >= 0.6 is 0 Å². The Hall–Kier alpha value is -0.700. The highest BCUT2D eigenvalue weighted by atomic mass is 15.4. The summed E-state index contributed by atoms with van der Waals surface area (Å²) in [7, 11) is 0. The number of nitrogens with two attached hydrogens (primary N) is 1. The molecule has 0 bridgehead atoms. The van der Waals surface area contributed by atoms with Crippen molar-refractivity contribution in [2.24, 2.45) is 11.7 Å². The second-order valence-corrected chi connectivity index (χ2v) is 2.68. The minimum Gasteiger partial charge on any atom is -0.403 e. The Bertz CT molecular complexity index is 99.0. The molecule has 3 heteroatoms. The summed E-state index contributed by atoms with van der Waals surface area (Å²) in [6.45, 7) is 6.43. The molecule has 0 radical (unpaired) electrons. The quantitative estimate of drug-likeness (QED) is 0.504. The third-order valence-corrected chi connectivity index (χ3v) is 1.49. The van der Waals surface area contributed by atoms with Crippen LogP contribution in [0.4, 0.5) is 0 Å². The van der Waals surface area contributed by atoms with Crippen molar-refractivity contribution in [1.82, 2.24) is 10.9 Å². The van der Waals surface area contributed by atoms with E-state index in [1.54, 1.807) is 6.20 Å². The zero-order chi connectivity index (χ0) is 7.98. The van der Waals surface area contributed by atoms with Crippen molar-refractivity contribution in [3.8, 4) is 0 Å². The third-order valence-electron chi connectivity index (χ3n) is 1.49. The van der Waals surface area contributed by atoms with Gasteiger partial charge >= 0.3 is 0 Å². The molecule has 4 N–H and O–H groups in total. The predicted molar refractivity (Wildman–Crippen MR) is 43.9 cm³/mol. The summed E-state index contributed by atoms with van der Waals surface area (Å²) in [6, 6.07) is 0.455. The molecule has 0 aliphatic heterocycles. The van der Waals surface area contributed by atoms with Gasteiger partial charge in [0.1, 0.15) is 0 Å². The van der Waals surface area contributed by atoms with Crippen molar-refractivity contribution in [1.29, 1.82) is 0 Å². The second kappa shape index (κ2) is 5.11. The van der Waals surface area contributed by atoms with Gasteiger partial charge in [-0.2, -0.15) is 0 Å². The van der Waals surface area contributed by atoms with Crippen LogP contribution in [0.2, 0.25) is 0 Å². The highest BCUT2D eigenvalue weighted by Gasteiger charge is 2.02. The lowest BCUT2D eigenvalue weighted by molar-refractivity contribution is 0.401. The number of nitrogens with one attached hydrogen (secondary N) is 2. The first-order valence-electron chi connectivity index (χ1n) is 3.56. The van der Waals surface area contributed by atoms with Crippen molar-refractivity contribution in [3.63, 3.8) is 0 Å². The fourth-order valence-corrected chi connectivity index (χ4v) is 0.394. The summed E-state index contributed by atoms with van der Waals surface area (Å²) >= 11 is 0. The van der Waals surface area contributed by atoms with Crippen LogP contribution in [0.15, 0.2) is 12.4 Å².